The maximum absolute atomic E-state index is 12.2. The van der Waals surface area contributed by atoms with Gasteiger partial charge in [-0.25, -0.2) is 9.67 Å². The lowest BCUT2D eigenvalue weighted by Gasteiger charge is -2.39. The molecule has 0 aliphatic carbocycles. The molecule has 2 aromatic rings. The van der Waals surface area contributed by atoms with Crippen molar-refractivity contribution in [1.29, 1.82) is 0 Å². The number of aliphatic hydroxyl groups is 1. The number of aromatic nitrogens is 3. The van der Waals surface area contributed by atoms with Crippen LogP contribution in [0, 0.1) is 13.8 Å². The van der Waals surface area contributed by atoms with Gasteiger partial charge in [-0.1, -0.05) is 23.7 Å². The number of halogens is 1. The number of hydrogen-bond acceptors (Lipinski definition) is 4. The van der Waals surface area contributed by atoms with Crippen LogP contribution in [-0.2, 0) is 4.79 Å². The fraction of sp³-hybridized carbons (Fsp3) is 0.438. The Bertz CT molecular complexity index is 707. The van der Waals surface area contributed by atoms with Crippen LogP contribution in [0.2, 0.25) is 5.02 Å². The van der Waals surface area contributed by atoms with Gasteiger partial charge in [-0.2, -0.15) is 5.10 Å². The van der Waals surface area contributed by atoms with Gasteiger partial charge in [0.1, 0.15) is 11.6 Å². The highest BCUT2D eigenvalue weighted by atomic mass is 35.5. The fourth-order valence-corrected chi connectivity index (χ4v) is 2.92. The average Bonchev–Trinajstić information content (AvgIpc) is 2.76. The monoisotopic (exact) mass is 334 g/mol. The molecule has 1 atom stereocenters. The van der Waals surface area contributed by atoms with Crippen LogP contribution in [0.1, 0.15) is 35.8 Å². The molecule has 6 nitrogen and oxygen atoms in total. The lowest BCUT2D eigenvalue weighted by molar-refractivity contribution is -0.139. The summed E-state index contributed by atoms with van der Waals surface area (Å²) in [6, 6.07) is 7.06. The number of aryl methyl sites for hydroxylation is 2. The smallest absolute Gasteiger partial charge is 0.225 e. The second-order valence-electron chi connectivity index (χ2n) is 5.87. The second kappa shape index (κ2) is 6.29. The molecule has 1 amide bonds. The zero-order valence-electron chi connectivity index (χ0n) is 13.1. The van der Waals surface area contributed by atoms with Crippen LogP contribution in [0.5, 0.6) is 0 Å². The van der Waals surface area contributed by atoms with Crippen molar-refractivity contribution in [2.75, 3.05) is 13.1 Å². The van der Waals surface area contributed by atoms with E-state index in [9.17, 15) is 9.90 Å². The van der Waals surface area contributed by atoms with E-state index in [-0.39, 0.29) is 18.4 Å². The van der Waals surface area contributed by atoms with Crippen molar-refractivity contribution in [3.8, 4) is 0 Å². The first-order chi connectivity index (χ1) is 10.9. The topological polar surface area (TPSA) is 71.2 Å². The summed E-state index contributed by atoms with van der Waals surface area (Å²) in [6.07, 6.45) is -0.738. The molecule has 1 aromatic carbocycles. The Labute approximate surface area is 139 Å². The number of hydrogen-bond donors (Lipinski definition) is 1. The van der Waals surface area contributed by atoms with Gasteiger partial charge in [-0.3, -0.25) is 4.79 Å². The predicted molar refractivity (Wildman–Crippen MR) is 86.1 cm³/mol. The number of amides is 1. The molecule has 1 N–H and O–H groups in total. The molecule has 0 radical (unpaired) electrons. The first-order valence-corrected chi connectivity index (χ1v) is 7.93. The van der Waals surface area contributed by atoms with E-state index in [1.807, 2.05) is 18.5 Å². The molecule has 0 saturated carbocycles. The summed E-state index contributed by atoms with van der Waals surface area (Å²) >= 11 is 5.82. The molecular weight excluding hydrogens is 316 g/mol. The summed E-state index contributed by atoms with van der Waals surface area (Å²) in [5.41, 5.74) is 0.697. The van der Waals surface area contributed by atoms with Gasteiger partial charge in [0.2, 0.25) is 5.91 Å². The third kappa shape index (κ3) is 3.38. The van der Waals surface area contributed by atoms with Gasteiger partial charge in [-0.05, 0) is 31.5 Å². The Morgan fingerprint density at radius 1 is 1.35 bits per heavy atom. The fourth-order valence-electron chi connectivity index (χ4n) is 2.79. The number of rotatable bonds is 4. The molecule has 23 heavy (non-hydrogen) atoms. The van der Waals surface area contributed by atoms with Gasteiger partial charge in [-0.15, -0.1) is 0 Å². The summed E-state index contributed by atoms with van der Waals surface area (Å²) in [5, 5.41) is 15.1. The lowest BCUT2D eigenvalue weighted by atomic mass is 10.0. The number of carbonyl (C=O) groups excluding carboxylic acids is 1. The van der Waals surface area contributed by atoms with Crippen LogP contribution < -0.4 is 0 Å². The van der Waals surface area contributed by atoms with Crippen LogP contribution in [0.25, 0.3) is 0 Å². The Hall–Kier alpha value is -1.92. The molecule has 2 heterocycles. The minimum atomic E-state index is -0.811. The highest BCUT2D eigenvalue weighted by molar-refractivity contribution is 6.30. The molecule has 1 saturated heterocycles. The van der Waals surface area contributed by atoms with Gasteiger partial charge >= 0.3 is 0 Å². The summed E-state index contributed by atoms with van der Waals surface area (Å²) in [6.45, 7) is 4.98. The molecule has 1 unspecified atom stereocenters. The molecule has 7 heteroatoms. The highest BCUT2D eigenvalue weighted by Gasteiger charge is 2.34. The van der Waals surface area contributed by atoms with E-state index in [0.717, 1.165) is 11.6 Å². The highest BCUT2D eigenvalue weighted by Crippen LogP contribution is 2.25. The second-order valence-corrected chi connectivity index (χ2v) is 6.31. The molecule has 1 aliphatic rings. The number of carbonyl (C=O) groups is 1. The SMILES string of the molecule is Cc1nc(C)n(C2CN(C(=O)CC(O)c3ccc(Cl)cc3)C2)n1. The van der Waals surface area contributed by atoms with E-state index in [2.05, 4.69) is 10.1 Å². The van der Waals surface area contributed by atoms with E-state index < -0.39 is 6.10 Å². The summed E-state index contributed by atoms with van der Waals surface area (Å²) in [7, 11) is 0. The van der Waals surface area contributed by atoms with Crippen molar-refractivity contribution < 1.29 is 9.90 Å². The quantitative estimate of drug-likeness (QED) is 0.929. The molecular formula is C16H19ClN4O2. The van der Waals surface area contributed by atoms with E-state index in [0.29, 0.717) is 23.7 Å². The maximum atomic E-state index is 12.2. The van der Waals surface area contributed by atoms with E-state index in [4.69, 9.17) is 11.6 Å². The van der Waals surface area contributed by atoms with Crippen molar-refractivity contribution in [1.82, 2.24) is 19.7 Å². The Morgan fingerprint density at radius 2 is 2.00 bits per heavy atom. The van der Waals surface area contributed by atoms with E-state index >= 15 is 0 Å². The maximum Gasteiger partial charge on any atom is 0.225 e. The normalized spacial score (nSPS) is 16.3. The third-order valence-electron chi connectivity index (χ3n) is 4.09. The van der Waals surface area contributed by atoms with Crippen molar-refractivity contribution in [3.63, 3.8) is 0 Å². The van der Waals surface area contributed by atoms with Crippen molar-refractivity contribution >= 4 is 17.5 Å². The number of aliphatic hydroxyl groups excluding tert-OH is 1. The molecule has 0 spiro atoms. The van der Waals surface area contributed by atoms with Crippen molar-refractivity contribution in [2.45, 2.75) is 32.4 Å². The van der Waals surface area contributed by atoms with E-state index in [1.54, 1.807) is 29.2 Å². The largest absolute Gasteiger partial charge is 0.388 e. The number of nitrogens with zero attached hydrogens (tertiary/aromatic N) is 4. The standard InChI is InChI=1S/C16H19ClN4O2/c1-10-18-11(2)21(19-10)14-8-20(9-14)16(23)7-15(22)12-3-5-13(17)6-4-12/h3-6,14-15,22H,7-9H2,1-2H3. The van der Waals surface area contributed by atoms with Gasteiger partial charge < -0.3 is 10.0 Å². The summed E-state index contributed by atoms with van der Waals surface area (Å²) in [4.78, 5) is 18.3. The average molecular weight is 335 g/mol. The van der Waals surface area contributed by atoms with Crippen LogP contribution >= 0.6 is 11.6 Å². The van der Waals surface area contributed by atoms with Crippen LogP contribution in [0.4, 0.5) is 0 Å². The Morgan fingerprint density at radius 3 is 2.57 bits per heavy atom. The van der Waals surface area contributed by atoms with Crippen LogP contribution in [0.3, 0.4) is 0 Å². The molecule has 1 aliphatic heterocycles. The van der Waals surface area contributed by atoms with Crippen LogP contribution in [0.15, 0.2) is 24.3 Å². The van der Waals surface area contributed by atoms with E-state index in [1.165, 1.54) is 0 Å². The van der Waals surface area contributed by atoms with Crippen molar-refractivity contribution in [2.24, 2.45) is 0 Å². The van der Waals surface area contributed by atoms with Gasteiger partial charge in [0.05, 0.1) is 18.6 Å². The third-order valence-corrected chi connectivity index (χ3v) is 4.34. The minimum Gasteiger partial charge on any atom is -0.388 e. The molecule has 3 rings (SSSR count). The number of benzene rings is 1. The first kappa shape index (κ1) is 16.0. The van der Waals surface area contributed by atoms with Gasteiger partial charge in [0, 0.05) is 18.1 Å². The molecule has 1 fully saturated rings. The predicted octanol–water partition coefficient (Wildman–Crippen LogP) is 2.06. The van der Waals surface area contributed by atoms with Gasteiger partial charge in [0.25, 0.3) is 0 Å². The molecule has 0 bridgehead atoms. The summed E-state index contributed by atoms with van der Waals surface area (Å²) in [5.74, 6) is 1.55. The van der Waals surface area contributed by atoms with Crippen molar-refractivity contribution in [3.05, 3.63) is 46.5 Å². The van der Waals surface area contributed by atoms with Crippen LogP contribution in [-0.4, -0.2) is 43.8 Å². The zero-order chi connectivity index (χ0) is 16.6. The number of likely N-dealkylation sites (tertiary alicyclic amines) is 1. The lowest BCUT2D eigenvalue weighted by Crippen LogP contribution is -2.51. The van der Waals surface area contributed by atoms with Gasteiger partial charge in [0.15, 0.2) is 0 Å². The Kier molecular flexibility index (Phi) is 4.37. The Balaban J connectivity index is 1.54. The molecule has 122 valence electrons. The minimum absolute atomic E-state index is 0.0572. The zero-order valence-corrected chi connectivity index (χ0v) is 13.9. The first-order valence-electron chi connectivity index (χ1n) is 7.55. The summed E-state index contributed by atoms with van der Waals surface area (Å²) < 4.78 is 1.87. The molecule has 1 aromatic heterocycles.